The third kappa shape index (κ3) is 2.52. The average molecular weight is 328 g/mol. The zero-order valence-electron chi connectivity index (χ0n) is 9.63. The molecule has 0 spiro atoms. The lowest BCUT2D eigenvalue weighted by Crippen LogP contribution is -2.49. The van der Waals surface area contributed by atoms with Gasteiger partial charge in [0.1, 0.15) is 5.82 Å². The summed E-state index contributed by atoms with van der Waals surface area (Å²) in [5, 5.41) is 4.94. The van der Waals surface area contributed by atoms with E-state index in [9.17, 15) is 0 Å². The fourth-order valence-electron chi connectivity index (χ4n) is 2.13. The van der Waals surface area contributed by atoms with Crippen molar-refractivity contribution in [3.8, 4) is 0 Å². The van der Waals surface area contributed by atoms with E-state index in [1.165, 1.54) is 0 Å². The molecule has 18 heavy (non-hydrogen) atoms. The van der Waals surface area contributed by atoms with E-state index >= 15 is 0 Å². The number of hydrogen-bond donors (Lipinski definition) is 0. The molecule has 0 N–H and O–H groups in total. The van der Waals surface area contributed by atoms with Gasteiger partial charge in [-0.15, -0.1) is 0 Å². The van der Waals surface area contributed by atoms with Crippen molar-refractivity contribution in [3.63, 3.8) is 0 Å². The van der Waals surface area contributed by atoms with Crippen LogP contribution in [0, 0.1) is 5.92 Å². The normalized spacial score (nSPS) is 15.8. The molecule has 1 fully saturated rings. The van der Waals surface area contributed by atoms with Gasteiger partial charge in [-0.1, -0.05) is 11.6 Å². The molecule has 1 aliphatic rings. The molecule has 1 aliphatic heterocycles. The quantitative estimate of drug-likeness (QED) is 0.869. The Morgan fingerprint density at radius 3 is 2.78 bits per heavy atom. The van der Waals surface area contributed by atoms with E-state index in [1.54, 1.807) is 6.20 Å². The largest absolute Gasteiger partial charge is 0.356 e. The van der Waals surface area contributed by atoms with E-state index in [4.69, 9.17) is 11.6 Å². The van der Waals surface area contributed by atoms with Crippen molar-refractivity contribution in [2.24, 2.45) is 5.92 Å². The van der Waals surface area contributed by atoms with Gasteiger partial charge in [-0.2, -0.15) is 5.10 Å². The van der Waals surface area contributed by atoms with Gasteiger partial charge in [-0.25, -0.2) is 4.98 Å². The number of nitrogens with zero attached hydrogens (tertiary/aromatic N) is 4. The standard InChI is InChI=1S/C12H12BrClN4/c13-10-3-16-18(8-10)7-9-5-17(6-9)12-2-1-11(14)4-15-12/h1-4,8-9H,5-7H2. The summed E-state index contributed by atoms with van der Waals surface area (Å²) < 4.78 is 3.00. The molecule has 3 rings (SSSR count). The molecule has 0 atom stereocenters. The van der Waals surface area contributed by atoms with Gasteiger partial charge in [0, 0.05) is 37.9 Å². The summed E-state index contributed by atoms with van der Waals surface area (Å²) in [6, 6.07) is 3.84. The predicted molar refractivity (Wildman–Crippen MR) is 74.9 cm³/mol. The summed E-state index contributed by atoms with van der Waals surface area (Å²) in [6.07, 6.45) is 5.51. The van der Waals surface area contributed by atoms with Crippen molar-refractivity contribution in [3.05, 3.63) is 40.2 Å². The summed E-state index contributed by atoms with van der Waals surface area (Å²) in [4.78, 5) is 6.56. The fraction of sp³-hybridized carbons (Fsp3) is 0.333. The zero-order valence-corrected chi connectivity index (χ0v) is 12.0. The highest BCUT2D eigenvalue weighted by atomic mass is 79.9. The number of rotatable bonds is 3. The number of aromatic nitrogens is 3. The second kappa shape index (κ2) is 4.90. The molecule has 0 bridgehead atoms. The van der Waals surface area contributed by atoms with E-state index in [0.29, 0.717) is 10.9 Å². The molecule has 0 aromatic carbocycles. The maximum Gasteiger partial charge on any atom is 0.128 e. The van der Waals surface area contributed by atoms with Gasteiger partial charge < -0.3 is 4.90 Å². The van der Waals surface area contributed by atoms with E-state index in [0.717, 1.165) is 29.9 Å². The molecule has 0 radical (unpaired) electrons. The van der Waals surface area contributed by atoms with Crippen molar-refractivity contribution >= 4 is 33.3 Å². The van der Waals surface area contributed by atoms with Gasteiger partial charge in [0.2, 0.25) is 0 Å². The molecule has 0 unspecified atom stereocenters. The van der Waals surface area contributed by atoms with Crippen LogP contribution in [0.2, 0.25) is 5.02 Å². The first kappa shape index (κ1) is 12.0. The molecule has 2 aromatic rings. The van der Waals surface area contributed by atoms with Crippen molar-refractivity contribution in [1.82, 2.24) is 14.8 Å². The Morgan fingerprint density at radius 2 is 2.17 bits per heavy atom. The van der Waals surface area contributed by atoms with E-state index < -0.39 is 0 Å². The van der Waals surface area contributed by atoms with Gasteiger partial charge in [0.05, 0.1) is 15.7 Å². The van der Waals surface area contributed by atoms with Crippen LogP contribution in [0.3, 0.4) is 0 Å². The Kier molecular flexibility index (Phi) is 3.26. The van der Waals surface area contributed by atoms with Crippen molar-refractivity contribution in [2.75, 3.05) is 18.0 Å². The Labute approximate surface area is 119 Å². The molecule has 0 amide bonds. The maximum atomic E-state index is 5.82. The second-order valence-corrected chi connectivity index (χ2v) is 5.84. The molecule has 0 saturated carbocycles. The van der Waals surface area contributed by atoms with E-state index in [1.807, 2.05) is 29.2 Å². The second-order valence-electron chi connectivity index (χ2n) is 4.49. The maximum absolute atomic E-state index is 5.82. The Hall–Kier alpha value is -1.07. The van der Waals surface area contributed by atoms with Crippen LogP contribution in [-0.4, -0.2) is 27.9 Å². The highest BCUT2D eigenvalue weighted by molar-refractivity contribution is 9.10. The van der Waals surface area contributed by atoms with Gasteiger partial charge in [-0.3, -0.25) is 4.68 Å². The highest BCUT2D eigenvalue weighted by Gasteiger charge is 2.28. The van der Waals surface area contributed by atoms with Crippen LogP contribution in [0.5, 0.6) is 0 Å². The number of anilines is 1. The number of hydrogen-bond acceptors (Lipinski definition) is 3. The average Bonchev–Trinajstić information content (AvgIpc) is 2.71. The Bertz CT molecular complexity index is 533. The SMILES string of the molecule is Clc1ccc(N2CC(Cn3cc(Br)cn3)C2)nc1. The first-order valence-corrected chi connectivity index (χ1v) is 6.92. The lowest BCUT2D eigenvalue weighted by atomic mass is 10.0. The number of halogens is 2. The van der Waals surface area contributed by atoms with Crippen LogP contribution in [0.15, 0.2) is 35.2 Å². The van der Waals surface area contributed by atoms with Gasteiger partial charge in [0.25, 0.3) is 0 Å². The van der Waals surface area contributed by atoms with Crippen LogP contribution in [0.4, 0.5) is 5.82 Å². The summed E-state index contributed by atoms with van der Waals surface area (Å²) in [7, 11) is 0. The minimum atomic E-state index is 0.634. The van der Waals surface area contributed by atoms with E-state index in [-0.39, 0.29) is 0 Å². The Balaban J connectivity index is 1.55. The Morgan fingerprint density at radius 1 is 1.33 bits per heavy atom. The smallest absolute Gasteiger partial charge is 0.128 e. The van der Waals surface area contributed by atoms with Gasteiger partial charge >= 0.3 is 0 Å². The molecular weight excluding hydrogens is 316 g/mol. The lowest BCUT2D eigenvalue weighted by Gasteiger charge is -2.40. The lowest BCUT2D eigenvalue weighted by molar-refractivity contribution is 0.340. The van der Waals surface area contributed by atoms with Gasteiger partial charge in [-0.05, 0) is 28.1 Å². The monoisotopic (exact) mass is 326 g/mol. The first-order valence-electron chi connectivity index (χ1n) is 5.75. The summed E-state index contributed by atoms with van der Waals surface area (Å²) in [5.74, 6) is 1.63. The predicted octanol–water partition coefficient (Wildman–Crippen LogP) is 2.83. The van der Waals surface area contributed by atoms with E-state index in [2.05, 4.69) is 30.9 Å². The minimum absolute atomic E-state index is 0.634. The zero-order chi connectivity index (χ0) is 12.5. The van der Waals surface area contributed by atoms with Crippen LogP contribution in [-0.2, 0) is 6.54 Å². The highest BCUT2D eigenvalue weighted by Crippen LogP contribution is 2.24. The van der Waals surface area contributed by atoms with Crippen LogP contribution in [0.25, 0.3) is 0 Å². The summed E-state index contributed by atoms with van der Waals surface area (Å²) in [6.45, 7) is 2.99. The summed E-state index contributed by atoms with van der Waals surface area (Å²) in [5.41, 5.74) is 0. The molecule has 4 nitrogen and oxygen atoms in total. The van der Waals surface area contributed by atoms with Crippen molar-refractivity contribution < 1.29 is 0 Å². The molecule has 1 saturated heterocycles. The molecule has 6 heteroatoms. The van der Waals surface area contributed by atoms with Crippen molar-refractivity contribution in [2.45, 2.75) is 6.54 Å². The first-order chi connectivity index (χ1) is 8.70. The molecular formula is C12H12BrClN4. The molecule has 0 aliphatic carbocycles. The molecule has 94 valence electrons. The van der Waals surface area contributed by atoms with Crippen molar-refractivity contribution in [1.29, 1.82) is 0 Å². The van der Waals surface area contributed by atoms with Crippen LogP contribution in [0.1, 0.15) is 0 Å². The minimum Gasteiger partial charge on any atom is -0.356 e. The number of pyridine rings is 1. The fourth-order valence-corrected chi connectivity index (χ4v) is 2.57. The van der Waals surface area contributed by atoms with Crippen LogP contribution < -0.4 is 4.90 Å². The summed E-state index contributed by atoms with van der Waals surface area (Å²) >= 11 is 9.22. The van der Waals surface area contributed by atoms with Crippen LogP contribution >= 0.6 is 27.5 Å². The topological polar surface area (TPSA) is 34.0 Å². The molecule has 3 heterocycles. The third-order valence-electron chi connectivity index (χ3n) is 3.04. The van der Waals surface area contributed by atoms with Gasteiger partial charge in [0.15, 0.2) is 0 Å². The molecule has 2 aromatic heterocycles. The third-order valence-corrected chi connectivity index (χ3v) is 3.67.